The van der Waals surface area contributed by atoms with Crippen LogP contribution in [0.15, 0.2) is 48.8 Å². The smallest absolute Gasteiger partial charge is 0.372 e. The number of piperidine rings is 1. The van der Waals surface area contributed by atoms with E-state index in [0.717, 1.165) is 31.4 Å². The van der Waals surface area contributed by atoms with Crippen LogP contribution < -0.4 is 16.1 Å². The van der Waals surface area contributed by atoms with E-state index in [9.17, 15) is 28.3 Å². The predicted molar refractivity (Wildman–Crippen MR) is 124 cm³/mol. The molecule has 36 heavy (non-hydrogen) atoms. The number of hydrazine groups is 1. The minimum absolute atomic E-state index is 0.00438. The van der Waals surface area contributed by atoms with Gasteiger partial charge in [-0.1, -0.05) is 12.1 Å². The van der Waals surface area contributed by atoms with Crippen LogP contribution in [0, 0.1) is 23.2 Å². The van der Waals surface area contributed by atoms with E-state index in [0.29, 0.717) is 24.6 Å². The summed E-state index contributed by atoms with van der Waals surface area (Å²) in [6, 6.07) is 9.82. The van der Waals surface area contributed by atoms with Crippen molar-refractivity contribution < 1.29 is 23.1 Å². The van der Waals surface area contributed by atoms with E-state index in [4.69, 9.17) is 0 Å². The molecule has 0 radical (unpaired) electrons. The first-order chi connectivity index (χ1) is 17.2. The molecule has 0 spiro atoms. The Labute approximate surface area is 206 Å². The average Bonchev–Trinajstić information content (AvgIpc) is 3.64. The quantitative estimate of drug-likeness (QED) is 0.462. The minimum Gasteiger partial charge on any atom is -0.372 e. The van der Waals surface area contributed by atoms with Crippen molar-refractivity contribution in [3.05, 3.63) is 59.9 Å². The average molecular weight is 501 g/mol. The topological polar surface area (TPSA) is 113 Å². The molecule has 1 aromatic heterocycles. The van der Waals surface area contributed by atoms with Gasteiger partial charge in [-0.3, -0.25) is 9.78 Å². The summed E-state index contributed by atoms with van der Waals surface area (Å²) in [5, 5.41) is 28.3. The van der Waals surface area contributed by atoms with Gasteiger partial charge in [0.25, 0.3) is 0 Å². The van der Waals surface area contributed by atoms with Crippen LogP contribution in [-0.2, 0) is 10.4 Å². The maximum absolute atomic E-state index is 14.0. The molecule has 8 nitrogen and oxygen atoms in total. The summed E-state index contributed by atoms with van der Waals surface area (Å²) in [4.78, 5) is 16.5. The lowest BCUT2D eigenvalue weighted by atomic mass is 9.86. The standard InChI is InChI=1S/C25H27F3N6O2/c26-25(27,28)24(36,17-8-12-30-13-9-17)16-3-5-18(6-4-16)32-22-21-20(10-14-31-23(21)35)34(33-22)19(7-11-29)15-1-2-15/h3-6,8-9,12-13,15,19-22,32-33,36H,1-2,7,10,14H2,(H,31,35)/t19-,20?,21?,22?,24?/m0/s1. The van der Waals surface area contributed by atoms with Crippen molar-refractivity contribution in [2.24, 2.45) is 11.8 Å². The number of anilines is 1. The molecule has 3 aliphatic rings. The number of alkyl halides is 3. The Kier molecular flexibility index (Phi) is 6.36. The SMILES string of the molecule is N#CC[C@@H](C1CC1)N1NC(Nc2ccc(C(O)(c3ccncc3)C(F)(F)F)cc2)C2C(=O)NCCC21. The Balaban J connectivity index is 1.39. The molecule has 2 saturated heterocycles. The molecular formula is C25H27F3N6O2. The fraction of sp³-hybridized carbons (Fsp3) is 0.480. The lowest BCUT2D eigenvalue weighted by Gasteiger charge is -2.34. The molecule has 0 bridgehead atoms. The Morgan fingerprint density at radius 2 is 1.81 bits per heavy atom. The largest absolute Gasteiger partial charge is 0.425 e. The Morgan fingerprint density at radius 3 is 2.42 bits per heavy atom. The van der Waals surface area contributed by atoms with Gasteiger partial charge >= 0.3 is 6.18 Å². The van der Waals surface area contributed by atoms with E-state index in [1.807, 2.05) is 0 Å². The highest BCUT2D eigenvalue weighted by Gasteiger charge is 2.56. The second kappa shape index (κ2) is 9.35. The molecule has 3 heterocycles. The predicted octanol–water partition coefficient (Wildman–Crippen LogP) is 2.63. The Morgan fingerprint density at radius 1 is 1.14 bits per heavy atom. The number of nitriles is 1. The number of aromatic nitrogens is 1. The van der Waals surface area contributed by atoms with Crippen LogP contribution in [-0.4, -0.2) is 52.0 Å². The van der Waals surface area contributed by atoms with Crippen LogP contribution in [0.25, 0.3) is 0 Å². The molecule has 5 rings (SSSR count). The van der Waals surface area contributed by atoms with Crippen molar-refractivity contribution in [2.45, 2.75) is 55.7 Å². The highest BCUT2D eigenvalue weighted by Crippen LogP contribution is 2.44. The monoisotopic (exact) mass is 500 g/mol. The van der Waals surface area contributed by atoms with E-state index in [1.165, 1.54) is 36.7 Å². The molecule has 1 aliphatic carbocycles. The van der Waals surface area contributed by atoms with Crippen LogP contribution in [0.5, 0.6) is 0 Å². The number of nitrogens with zero attached hydrogens (tertiary/aromatic N) is 3. The maximum Gasteiger partial charge on any atom is 0.425 e. The zero-order valence-electron chi connectivity index (χ0n) is 19.4. The van der Waals surface area contributed by atoms with Gasteiger partial charge in [0.15, 0.2) is 0 Å². The number of hydrogen-bond donors (Lipinski definition) is 4. The first kappa shape index (κ1) is 24.5. The van der Waals surface area contributed by atoms with Gasteiger partial charge in [-0.2, -0.15) is 18.4 Å². The van der Waals surface area contributed by atoms with E-state index in [2.05, 4.69) is 32.1 Å². The van der Waals surface area contributed by atoms with Crippen molar-refractivity contribution in [3.63, 3.8) is 0 Å². The molecule has 1 saturated carbocycles. The lowest BCUT2D eigenvalue weighted by Crippen LogP contribution is -2.52. The molecule has 2 aromatic rings. The second-order valence-electron chi connectivity index (χ2n) is 9.62. The van der Waals surface area contributed by atoms with E-state index >= 15 is 0 Å². The molecule has 190 valence electrons. The van der Waals surface area contributed by atoms with Crippen LogP contribution in [0.3, 0.4) is 0 Å². The van der Waals surface area contributed by atoms with Crippen LogP contribution in [0.1, 0.15) is 36.8 Å². The zero-order chi connectivity index (χ0) is 25.5. The molecule has 11 heteroatoms. The third kappa shape index (κ3) is 4.30. The molecule has 1 aromatic carbocycles. The number of rotatable bonds is 7. The highest BCUT2D eigenvalue weighted by atomic mass is 19.4. The Hall–Kier alpha value is -3.20. The fourth-order valence-electron chi connectivity index (χ4n) is 5.44. The first-order valence-electron chi connectivity index (χ1n) is 12.0. The number of benzene rings is 1. The van der Waals surface area contributed by atoms with Gasteiger partial charge in [0, 0.05) is 42.3 Å². The number of carbonyl (C=O) groups is 1. The number of fused-ring (bicyclic) bond motifs is 1. The normalized spacial score (nSPS) is 26.9. The summed E-state index contributed by atoms with van der Waals surface area (Å²) in [5.74, 6) is -0.123. The number of amides is 1. The number of nitrogens with one attached hydrogen (secondary N) is 3. The van der Waals surface area contributed by atoms with Gasteiger partial charge in [0.1, 0.15) is 6.17 Å². The van der Waals surface area contributed by atoms with Gasteiger partial charge in [-0.05, 0) is 55.0 Å². The number of aliphatic hydroxyl groups is 1. The van der Waals surface area contributed by atoms with Gasteiger partial charge in [-0.25, -0.2) is 10.4 Å². The zero-order valence-corrected chi connectivity index (χ0v) is 19.4. The number of carbonyl (C=O) groups excluding carboxylic acids is 1. The Bertz CT molecular complexity index is 1140. The second-order valence-corrected chi connectivity index (χ2v) is 9.62. The highest BCUT2D eigenvalue weighted by molar-refractivity contribution is 5.82. The van der Waals surface area contributed by atoms with Crippen LogP contribution >= 0.6 is 0 Å². The van der Waals surface area contributed by atoms with Crippen molar-refractivity contribution in [2.75, 3.05) is 11.9 Å². The van der Waals surface area contributed by atoms with Gasteiger partial charge in [-0.15, -0.1) is 0 Å². The van der Waals surface area contributed by atoms with Crippen molar-refractivity contribution in [3.8, 4) is 6.07 Å². The number of hydrogen-bond acceptors (Lipinski definition) is 7. The van der Waals surface area contributed by atoms with E-state index in [-0.39, 0.29) is 29.1 Å². The molecule has 4 N–H and O–H groups in total. The van der Waals surface area contributed by atoms with Crippen LogP contribution in [0.2, 0.25) is 0 Å². The van der Waals surface area contributed by atoms with Crippen molar-refractivity contribution in [1.82, 2.24) is 20.7 Å². The van der Waals surface area contributed by atoms with Crippen molar-refractivity contribution >= 4 is 11.6 Å². The first-order valence-corrected chi connectivity index (χ1v) is 12.0. The van der Waals surface area contributed by atoms with Crippen molar-refractivity contribution in [1.29, 1.82) is 5.26 Å². The molecule has 2 aliphatic heterocycles. The summed E-state index contributed by atoms with van der Waals surface area (Å²) < 4.78 is 42.0. The molecule has 4 unspecified atom stereocenters. The van der Waals surface area contributed by atoms with E-state index < -0.39 is 23.9 Å². The summed E-state index contributed by atoms with van der Waals surface area (Å²) in [6.07, 6.45) is 0.138. The molecule has 3 fully saturated rings. The summed E-state index contributed by atoms with van der Waals surface area (Å²) in [7, 11) is 0. The number of pyridine rings is 1. The van der Waals surface area contributed by atoms with E-state index in [1.54, 1.807) is 0 Å². The number of halogens is 3. The maximum atomic E-state index is 14.0. The summed E-state index contributed by atoms with van der Waals surface area (Å²) in [5.41, 5.74) is 0.0312. The fourth-order valence-corrected chi connectivity index (χ4v) is 5.44. The summed E-state index contributed by atoms with van der Waals surface area (Å²) in [6.45, 7) is 0.550. The van der Waals surface area contributed by atoms with Gasteiger partial charge in [0.05, 0.1) is 18.4 Å². The summed E-state index contributed by atoms with van der Waals surface area (Å²) >= 11 is 0. The lowest BCUT2D eigenvalue weighted by molar-refractivity contribution is -0.248. The van der Waals surface area contributed by atoms with Gasteiger partial charge < -0.3 is 15.7 Å². The molecule has 1 amide bonds. The molecule has 5 atom stereocenters. The van der Waals surface area contributed by atoms with Gasteiger partial charge in [0.2, 0.25) is 11.5 Å². The minimum atomic E-state index is -4.96. The third-order valence-electron chi connectivity index (χ3n) is 7.42. The molecular weight excluding hydrogens is 473 g/mol. The third-order valence-corrected chi connectivity index (χ3v) is 7.42. The van der Waals surface area contributed by atoms with Crippen LogP contribution in [0.4, 0.5) is 18.9 Å².